The number of ether oxygens (including phenoxy) is 4. The molecule has 0 unspecified atom stereocenters. The number of rotatable bonds is 9. The second-order valence-corrected chi connectivity index (χ2v) is 8.96. The molecular formula is C27H30N4O5. The second-order valence-electron chi connectivity index (χ2n) is 8.96. The van der Waals surface area contributed by atoms with E-state index in [1.54, 1.807) is 25.6 Å². The van der Waals surface area contributed by atoms with Crippen LogP contribution in [0, 0.1) is 0 Å². The Morgan fingerprint density at radius 2 is 2.17 bits per heavy atom. The number of pyridine rings is 2. The first-order chi connectivity index (χ1) is 17.6. The summed E-state index contributed by atoms with van der Waals surface area (Å²) in [6.45, 7) is 0.422. The molecule has 0 radical (unpaired) electrons. The summed E-state index contributed by atoms with van der Waals surface area (Å²) < 4.78 is 22.3. The fourth-order valence-electron chi connectivity index (χ4n) is 4.57. The Morgan fingerprint density at radius 3 is 3.00 bits per heavy atom. The third-order valence-electron chi connectivity index (χ3n) is 6.52. The van der Waals surface area contributed by atoms with Crippen LogP contribution >= 0.6 is 0 Å². The van der Waals surface area contributed by atoms with Gasteiger partial charge in [0.1, 0.15) is 12.4 Å². The molecule has 36 heavy (non-hydrogen) atoms. The lowest BCUT2D eigenvalue weighted by atomic mass is 9.99. The minimum atomic E-state index is -0.423. The highest BCUT2D eigenvalue weighted by molar-refractivity contribution is 5.78. The topological polar surface area (TPSA) is 109 Å². The number of nitrogens with two attached hydrogens (primary N) is 1. The van der Waals surface area contributed by atoms with Gasteiger partial charge in [0.25, 0.3) is 0 Å². The molecule has 4 heterocycles. The summed E-state index contributed by atoms with van der Waals surface area (Å²) in [4.78, 5) is 22.9. The molecule has 0 spiro atoms. The molecule has 5 rings (SSSR count). The predicted molar refractivity (Wildman–Crippen MR) is 133 cm³/mol. The summed E-state index contributed by atoms with van der Waals surface area (Å²) in [7, 11) is 1.59. The van der Waals surface area contributed by atoms with Crippen molar-refractivity contribution in [3.63, 3.8) is 0 Å². The van der Waals surface area contributed by atoms with Crippen molar-refractivity contribution in [1.29, 1.82) is 0 Å². The van der Waals surface area contributed by atoms with Gasteiger partial charge in [-0.15, -0.1) is 0 Å². The van der Waals surface area contributed by atoms with Crippen LogP contribution in [-0.4, -0.2) is 40.7 Å². The Labute approximate surface area is 209 Å². The average Bonchev–Trinajstić information content (AvgIpc) is 3.31. The molecule has 1 saturated heterocycles. The minimum Gasteiger partial charge on any atom is -0.481 e. The fraction of sp³-hybridized carbons (Fsp3) is 0.370. The molecule has 2 aliphatic heterocycles. The molecule has 0 saturated carbocycles. The molecule has 1 aliphatic carbocycles. The Bertz CT molecular complexity index is 1250. The lowest BCUT2D eigenvalue weighted by molar-refractivity contribution is 0.116. The molecule has 0 bridgehead atoms. The lowest BCUT2D eigenvalue weighted by Crippen LogP contribution is -2.27. The van der Waals surface area contributed by atoms with E-state index < -0.39 is 6.09 Å². The van der Waals surface area contributed by atoms with Crippen molar-refractivity contribution in [2.45, 2.75) is 50.7 Å². The van der Waals surface area contributed by atoms with Crippen molar-refractivity contribution in [3.05, 3.63) is 77.9 Å². The van der Waals surface area contributed by atoms with Crippen LogP contribution in [0.4, 0.5) is 4.79 Å². The zero-order chi connectivity index (χ0) is 24.9. The summed E-state index contributed by atoms with van der Waals surface area (Å²) in [5.74, 6) is 1.51. The van der Waals surface area contributed by atoms with E-state index in [1.807, 2.05) is 24.3 Å². The molecule has 0 aromatic carbocycles. The highest BCUT2D eigenvalue weighted by Crippen LogP contribution is 2.31. The first-order valence-electron chi connectivity index (χ1n) is 12.3. The third-order valence-corrected chi connectivity index (χ3v) is 6.52. The number of carbonyl (C=O) groups excluding carboxylic acids is 1. The van der Waals surface area contributed by atoms with Crippen molar-refractivity contribution < 1.29 is 23.7 Å². The number of amides is 1. The molecule has 3 aliphatic rings. The van der Waals surface area contributed by atoms with Gasteiger partial charge >= 0.3 is 6.09 Å². The van der Waals surface area contributed by atoms with Crippen molar-refractivity contribution >= 4 is 17.1 Å². The molecule has 2 N–H and O–H groups in total. The van der Waals surface area contributed by atoms with Crippen molar-refractivity contribution in [2.75, 3.05) is 13.7 Å². The van der Waals surface area contributed by atoms with E-state index in [0.717, 1.165) is 60.7 Å². The number of aromatic nitrogens is 2. The summed E-state index contributed by atoms with van der Waals surface area (Å²) in [5.41, 5.74) is 10.1. The first kappa shape index (κ1) is 23.9. The molecule has 9 heteroatoms. The van der Waals surface area contributed by atoms with E-state index in [1.165, 1.54) is 11.2 Å². The maximum Gasteiger partial charge on any atom is 0.417 e. The zero-order valence-corrected chi connectivity index (χ0v) is 20.3. The van der Waals surface area contributed by atoms with Crippen molar-refractivity contribution in [3.8, 4) is 5.88 Å². The summed E-state index contributed by atoms with van der Waals surface area (Å²) >= 11 is 0. The molecule has 1 fully saturated rings. The first-order valence-corrected chi connectivity index (χ1v) is 12.3. The fourth-order valence-corrected chi connectivity index (χ4v) is 4.57. The van der Waals surface area contributed by atoms with Crippen molar-refractivity contribution in [2.24, 2.45) is 5.73 Å². The predicted octanol–water partition coefficient (Wildman–Crippen LogP) is 4.98. The van der Waals surface area contributed by atoms with Gasteiger partial charge in [-0.25, -0.2) is 14.7 Å². The number of carbonyl (C=O) groups is 1. The molecule has 1 amide bonds. The number of unbranched alkanes of at least 4 members (excludes halogenated alkanes) is 1. The minimum absolute atomic E-state index is 0.176. The quantitative estimate of drug-likeness (QED) is 0.490. The van der Waals surface area contributed by atoms with Crippen LogP contribution in [0.5, 0.6) is 5.88 Å². The monoisotopic (exact) mass is 490 g/mol. The molecule has 188 valence electrons. The normalized spacial score (nSPS) is 20.2. The van der Waals surface area contributed by atoms with Crippen LogP contribution in [0.15, 0.2) is 72.4 Å². The maximum atomic E-state index is 12.5. The van der Waals surface area contributed by atoms with Crippen LogP contribution in [0.3, 0.4) is 0 Å². The number of allylic oxidation sites excluding steroid dienone is 4. The number of cyclic esters (lactones) is 1. The molecular weight excluding hydrogens is 460 g/mol. The number of hydrogen-bond donors (Lipinski definition) is 1. The highest BCUT2D eigenvalue weighted by Gasteiger charge is 2.36. The molecule has 2 atom stereocenters. The van der Waals surface area contributed by atoms with E-state index in [9.17, 15) is 4.79 Å². The van der Waals surface area contributed by atoms with Gasteiger partial charge in [0.15, 0.2) is 12.0 Å². The number of hydrogen-bond acceptors (Lipinski definition) is 8. The van der Waals surface area contributed by atoms with Gasteiger partial charge in [0, 0.05) is 18.3 Å². The van der Waals surface area contributed by atoms with E-state index >= 15 is 0 Å². The van der Waals surface area contributed by atoms with E-state index in [2.05, 4.69) is 16.0 Å². The number of nitrogens with zero attached hydrogens (tertiary/aromatic N) is 3. The second kappa shape index (κ2) is 10.8. The van der Waals surface area contributed by atoms with Crippen LogP contribution in [-0.2, 0) is 14.2 Å². The SMILES string of the molecule is COc1ccc2nccc([C@H](N)CCCC[C@H]3CN(C4=COC=C(C5=CC=CCC5)O4)C(=O)O3)c2n1. The number of methoxy groups -OCH3 is 1. The summed E-state index contributed by atoms with van der Waals surface area (Å²) in [6, 6.07) is 5.41. The van der Waals surface area contributed by atoms with Gasteiger partial charge in [-0.3, -0.25) is 4.98 Å². The van der Waals surface area contributed by atoms with Gasteiger partial charge in [-0.2, -0.15) is 0 Å². The number of fused-ring (bicyclic) bond motifs is 1. The standard InChI is InChI=1S/C27H30N4O5/c1-33-24-12-11-22-26(30-24)20(13-14-29-22)21(28)10-6-5-9-19-15-31(27(32)35-19)25-17-34-16-23(36-25)18-7-3-2-4-8-18/h2-3,7,11-14,16-17,19,21H,4-6,8-10,15,28H2,1H3/t19-,21+/m0/s1. The maximum absolute atomic E-state index is 12.5. The summed E-state index contributed by atoms with van der Waals surface area (Å²) in [5, 5.41) is 0. The Morgan fingerprint density at radius 1 is 1.25 bits per heavy atom. The lowest BCUT2D eigenvalue weighted by Gasteiger charge is -2.23. The largest absolute Gasteiger partial charge is 0.481 e. The van der Waals surface area contributed by atoms with Gasteiger partial charge in [-0.05, 0) is 55.4 Å². The van der Waals surface area contributed by atoms with Gasteiger partial charge in [0.05, 0.1) is 24.7 Å². The van der Waals surface area contributed by atoms with Gasteiger partial charge in [0.2, 0.25) is 11.8 Å². The van der Waals surface area contributed by atoms with E-state index in [0.29, 0.717) is 24.1 Å². The Hall–Kier alpha value is -3.85. The third kappa shape index (κ3) is 5.21. The molecule has 2 aromatic rings. The molecule has 2 aromatic heterocycles. The van der Waals surface area contributed by atoms with Gasteiger partial charge in [-0.1, -0.05) is 24.6 Å². The van der Waals surface area contributed by atoms with Crippen molar-refractivity contribution in [1.82, 2.24) is 14.9 Å². The van der Waals surface area contributed by atoms with Crippen LogP contribution in [0.2, 0.25) is 0 Å². The Kier molecular flexibility index (Phi) is 7.18. The zero-order valence-electron chi connectivity index (χ0n) is 20.3. The van der Waals surface area contributed by atoms with Gasteiger partial charge < -0.3 is 24.7 Å². The van der Waals surface area contributed by atoms with Crippen LogP contribution < -0.4 is 10.5 Å². The average molecular weight is 491 g/mol. The van der Waals surface area contributed by atoms with Crippen LogP contribution in [0.1, 0.15) is 50.1 Å². The van der Waals surface area contributed by atoms with E-state index in [-0.39, 0.29) is 12.1 Å². The van der Waals surface area contributed by atoms with E-state index in [4.69, 9.17) is 24.7 Å². The van der Waals surface area contributed by atoms with Crippen LogP contribution in [0.25, 0.3) is 11.0 Å². The Balaban J connectivity index is 1.11. The summed E-state index contributed by atoms with van der Waals surface area (Å²) in [6.07, 6.45) is 15.3. The molecule has 9 nitrogen and oxygen atoms in total. The smallest absolute Gasteiger partial charge is 0.417 e. The highest BCUT2D eigenvalue weighted by atomic mass is 16.6.